The van der Waals surface area contributed by atoms with Crippen LogP contribution in [-0.2, 0) is 4.65 Å². The lowest BCUT2D eigenvalue weighted by molar-refractivity contribution is -0.0891. The van der Waals surface area contributed by atoms with Crippen LogP contribution in [0.1, 0.15) is 55.4 Å². The summed E-state index contributed by atoms with van der Waals surface area (Å²) in [5.74, 6) is 0.509. The van der Waals surface area contributed by atoms with Gasteiger partial charge in [0.15, 0.2) is 0 Å². The van der Waals surface area contributed by atoms with Crippen LogP contribution < -0.4 is 0 Å². The first-order valence-electron chi connectivity index (χ1n) is 6.84. The Morgan fingerprint density at radius 2 is 1.56 bits per heavy atom. The van der Waals surface area contributed by atoms with Gasteiger partial charge in [0.1, 0.15) is 0 Å². The van der Waals surface area contributed by atoms with Gasteiger partial charge in [0.05, 0.1) is 11.2 Å². The van der Waals surface area contributed by atoms with Crippen molar-refractivity contribution < 1.29 is 14.8 Å². The lowest BCUT2D eigenvalue weighted by atomic mass is 9.36. The van der Waals surface area contributed by atoms with Gasteiger partial charge in [0.2, 0.25) is 0 Å². The summed E-state index contributed by atoms with van der Waals surface area (Å²) in [7, 11) is 0.257. The molecular weight excluding hydrogens is 226 g/mol. The molecule has 0 saturated carbocycles. The number of aliphatic hydroxyl groups is 1. The van der Waals surface area contributed by atoms with Crippen molar-refractivity contribution >= 4 is 14.2 Å². The molecule has 0 radical (unpaired) electrons. The summed E-state index contributed by atoms with van der Waals surface area (Å²) in [6.07, 6.45) is 0.701. The van der Waals surface area contributed by atoms with Crippen LogP contribution in [0.5, 0.6) is 0 Å². The molecule has 0 bridgehead atoms. The Balaban J connectivity index is 4.33. The summed E-state index contributed by atoms with van der Waals surface area (Å²) in [6.45, 7) is 15.3. The average molecular weight is 256 g/mol. The molecule has 0 atom stereocenters. The minimum absolute atomic E-state index is 0.0850. The van der Waals surface area contributed by atoms with Gasteiger partial charge >= 0.3 is 0 Å². The van der Waals surface area contributed by atoms with Crippen LogP contribution in [-0.4, -0.2) is 35.5 Å². The largest absolute Gasteiger partial charge is 0.455 e. The molecule has 5 heteroatoms. The van der Waals surface area contributed by atoms with Crippen molar-refractivity contribution in [1.82, 2.24) is 0 Å². The quantitative estimate of drug-likeness (QED) is 0.685. The third-order valence-electron chi connectivity index (χ3n) is 4.43. The normalized spacial score (nSPS) is 13.9. The van der Waals surface area contributed by atoms with E-state index < -0.39 is 18.0 Å². The Morgan fingerprint density at radius 3 is 1.89 bits per heavy atom. The fourth-order valence-electron chi connectivity index (χ4n) is 1.38. The first-order valence-corrected chi connectivity index (χ1v) is 6.84. The van der Waals surface area contributed by atoms with Crippen LogP contribution >= 0.6 is 0 Å². The molecule has 18 heavy (non-hydrogen) atoms. The van der Waals surface area contributed by atoms with Crippen LogP contribution in [0.3, 0.4) is 0 Å². The van der Waals surface area contributed by atoms with Gasteiger partial charge in [-0.1, -0.05) is 27.7 Å². The second kappa shape index (κ2) is 5.98. The third kappa shape index (κ3) is 5.33. The molecule has 2 N–H and O–H groups in total. The smallest absolute Gasteiger partial charge is 0.283 e. The molecule has 0 heterocycles. The lowest BCUT2D eigenvalue weighted by Gasteiger charge is -2.38. The molecule has 0 aromatic carbocycles. The predicted octanol–water partition coefficient (Wildman–Crippen LogP) is 2.07. The molecule has 0 unspecified atom stereocenters. The van der Waals surface area contributed by atoms with Crippen LogP contribution in [0.15, 0.2) is 0 Å². The molecule has 0 aliphatic rings. The van der Waals surface area contributed by atoms with Crippen molar-refractivity contribution in [1.29, 1.82) is 0 Å². The predicted molar refractivity (Wildman–Crippen MR) is 80.0 cm³/mol. The van der Waals surface area contributed by atoms with E-state index in [9.17, 15) is 10.1 Å². The Bertz CT molecular complexity index is 257. The van der Waals surface area contributed by atoms with Gasteiger partial charge in [0, 0.05) is 0 Å². The monoisotopic (exact) mass is 256 g/mol. The zero-order valence-corrected chi connectivity index (χ0v) is 13.4. The molecular formula is C13H30B2O3. The van der Waals surface area contributed by atoms with Gasteiger partial charge in [-0.2, -0.15) is 0 Å². The van der Waals surface area contributed by atoms with E-state index >= 15 is 0 Å². The Kier molecular flexibility index (Phi) is 5.98. The maximum atomic E-state index is 10.1. The summed E-state index contributed by atoms with van der Waals surface area (Å²) in [5.41, 5.74) is -1.52. The first-order chi connectivity index (χ1) is 7.79. The topological polar surface area (TPSA) is 49.7 Å². The molecule has 0 fully saturated rings. The van der Waals surface area contributed by atoms with E-state index in [1.165, 1.54) is 0 Å². The lowest BCUT2D eigenvalue weighted by Crippen LogP contribution is -2.50. The zero-order valence-electron chi connectivity index (χ0n) is 13.4. The van der Waals surface area contributed by atoms with E-state index in [0.717, 1.165) is 0 Å². The molecule has 0 rings (SSSR count). The van der Waals surface area contributed by atoms with Crippen molar-refractivity contribution in [2.45, 2.75) is 72.9 Å². The molecule has 0 aromatic rings. The van der Waals surface area contributed by atoms with Crippen LogP contribution in [0, 0.1) is 11.3 Å². The second-order valence-electron chi connectivity index (χ2n) is 7.38. The molecule has 0 aliphatic heterocycles. The van der Waals surface area contributed by atoms with E-state index in [1.807, 2.05) is 13.8 Å². The summed E-state index contributed by atoms with van der Waals surface area (Å²) >= 11 is 0. The van der Waals surface area contributed by atoms with E-state index in [2.05, 4.69) is 27.7 Å². The third-order valence-corrected chi connectivity index (χ3v) is 4.43. The fourth-order valence-corrected chi connectivity index (χ4v) is 1.38. The zero-order chi connectivity index (χ0) is 14.8. The van der Waals surface area contributed by atoms with Crippen molar-refractivity contribution in [3.63, 3.8) is 0 Å². The summed E-state index contributed by atoms with van der Waals surface area (Å²) < 4.78 is 5.68. The first kappa shape index (κ1) is 18.0. The molecule has 0 spiro atoms. The Morgan fingerprint density at radius 1 is 1.11 bits per heavy atom. The average Bonchev–Trinajstić information content (AvgIpc) is 2.12. The number of hydrogen-bond donors (Lipinski definition) is 2. The van der Waals surface area contributed by atoms with Gasteiger partial charge in [-0.3, -0.25) is 0 Å². The van der Waals surface area contributed by atoms with Gasteiger partial charge in [0.25, 0.3) is 14.2 Å². The Hall–Kier alpha value is 0.00987. The molecule has 0 saturated heterocycles. The highest BCUT2D eigenvalue weighted by molar-refractivity contribution is 7.05. The molecule has 0 aliphatic carbocycles. The Labute approximate surface area is 114 Å². The number of hydrogen-bond acceptors (Lipinski definition) is 3. The summed E-state index contributed by atoms with van der Waals surface area (Å²) in [5, 5.41) is 20.0. The highest BCUT2D eigenvalue weighted by Crippen LogP contribution is 2.32. The second-order valence-corrected chi connectivity index (χ2v) is 7.38. The minimum atomic E-state index is -0.930. The standard InChI is InChI=1S/C13H30B2O3/c1-10(2)11(3,4)9-15(17)14-18-13(7,8)12(5,6)16/h10,14,16-17H,9H2,1-8H3. The van der Waals surface area contributed by atoms with E-state index in [-0.39, 0.29) is 12.8 Å². The summed E-state index contributed by atoms with van der Waals surface area (Å²) in [6, 6.07) is 0. The highest BCUT2D eigenvalue weighted by atomic mass is 16.5. The molecule has 3 nitrogen and oxygen atoms in total. The van der Waals surface area contributed by atoms with E-state index in [1.54, 1.807) is 13.8 Å². The van der Waals surface area contributed by atoms with E-state index in [4.69, 9.17) is 4.65 Å². The van der Waals surface area contributed by atoms with Gasteiger partial charge in [-0.25, -0.2) is 0 Å². The minimum Gasteiger partial charge on any atom is -0.455 e. The van der Waals surface area contributed by atoms with Crippen LogP contribution in [0.2, 0.25) is 6.32 Å². The van der Waals surface area contributed by atoms with Crippen LogP contribution in [0.4, 0.5) is 0 Å². The van der Waals surface area contributed by atoms with Crippen molar-refractivity contribution in [2.24, 2.45) is 11.3 Å². The highest BCUT2D eigenvalue weighted by Gasteiger charge is 2.37. The van der Waals surface area contributed by atoms with Crippen LogP contribution in [0.25, 0.3) is 0 Å². The molecule has 0 amide bonds. The van der Waals surface area contributed by atoms with Gasteiger partial charge < -0.3 is 14.8 Å². The number of rotatable bonds is 7. The molecule has 106 valence electrons. The van der Waals surface area contributed by atoms with Gasteiger partial charge in [-0.05, 0) is 45.3 Å². The van der Waals surface area contributed by atoms with Crippen molar-refractivity contribution in [3.8, 4) is 0 Å². The SMILES string of the molecule is CC(C)C(C)(C)CB(O)BOC(C)(C)C(C)(C)O. The van der Waals surface area contributed by atoms with Gasteiger partial charge in [-0.15, -0.1) is 0 Å². The molecule has 0 aromatic heterocycles. The summed E-state index contributed by atoms with van der Waals surface area (Å²) in [4.78, 5) is 0. The fraction of sp³-hybridized carbons (Fsp3) is 1.00. The van der Waals surface area contributed by atoms with E-state index in [0.29, 0.717) is 12.2 Å². The van der Waals surface area contributed by atoms with Crippen molar-refractivity contribution in [2.75, 3.05) is 0 Å². The maximum Gasteiger partial charge on any atom is 0.283 e. The maximum absolute atomic E-state index is 10.1. The van der Waals surface area contributed by atoms with Crippen molar-refractivity contribution in [3.05, 3.63) is 0 Å².